The van der Waals surface area contributed by atoms with Crippen molar-refractivity contribution >= 4 is 28.1 Å². The molecule has 4 heteroatoms. The van der Waals surface area contributed by atoms with Gasteiger partial charge in [0, 0.05) is 35.0 Å². The third-order valence-electron chi connectivity index (χ3n) is 3.32. The van der Waals surface area contributed by atoms with Crippen molar-refractivity contribution in [3.8, 4) is 5.88 Å². The molecule has 0 amide bonds. The molecule has 0 aliphatic carbocycles. The predicted molar refractivity (Wildman–Crippen MR) is 90.2 cm³/mol. The van der Waals surface area contributed by atoms with Crippen molar-refractivity contribution in [2.75, 3.05) is 27.2 Å². The van der Waals surface area contributed by atoms with Crippen molar-refractivity contribution in [1.29, 1.82) is 0 Å². The second kappa shape index (κ2) is 9.05. The molecule has 0 saturated heterocycles. The Morgan fingerprint density at radius 1 is 1.19 bits per heavy atom. The molecule has 0 bridgehead atoms. The molecule has 0 aliphatic rings. The number of rotatable bonds is 7. The van der Waals surface area contributed by atoms with Gasteiger partial charge in [-0.05, 0) is 44.5 Å². The molecule has 21 heavy (non-hydrogen) atoms. The number of benzene rings is 1. The number of aromatic nitrogens is 1. The first-order valence-electron chi connectivity index (χ1n) is 7.37. The number of hydrogen-bond donors (Lipinski definition) is 0. The lowest BCUT2D eigenvalue weighted by atomic mass is 10.1. The first-order valence-corrected chi connectivity index (χ1v) is 7.37. The van der Waals surface area contributed by atoms with E-state index in [2.05, 4.69) is 36.1 Å². The van der Waals surface area contributed by atoms with Gasteiger partial charge in [-0.15, -0.1) is 0 Å². The van der Waals surface area contributed by atoms with E-state index in [1.54, 1.807) is 0 Å². The summed E-state index contributed by atoms with van der Waals surface area (Å²) in [5, 5.41) is 2.32. The van der Waals surface area contributed by atoms with E-state index in [4.69, 9.17) is 9.72 Å². The van der Waals surface area contributed by atoms with E-state index >= 15 is 0 Å². The van der Waals surface area contributed by atoms with Gasteiger partial charge in [0.05, 0.1) is 0 Å². The summed E-state index contributed by atoms with van der Waals surface area (Å²) in [6.07, 6.45) is 3.37. The minimum atomic E-state index is 0. The lowest BCUT2D eigenvalue weighted by Gasteiger charge is -2.13. The van der Waals surface area contributed by atoms with Crippen molar-refractivity contribution in [3.05, 3.63) is 36.0 Å². The third kappa shape index (κ3) is 5.32. The van der Waals surface area contributed by atoms with Crippen LogP contribution >= 0.6 is 0 Å². The van der Waals surface area contributed by atoms with Crippen LogP contribution in [0.4, 0.5) is 0 Å². The van der Waals surface area contributed by atoms with Gasteiger partial charge in [0.2, 0.25) is 5.88 Å². The maximum atomic E-state index is 5.90. The summed E-state index contributed by atoms with van der Waals surface area (Å²) < 4.78 is 5.90. The molecule has 3 nitrogen and oxygen atoms in total. The van der Waals surface area contributed by atoms with E-state index in [0.717, 1.165) is 29.9 Å². The van der Waals surface area contributed by atoms with Crippen LogP contribution in [0.15, 0.2) is 30.3 Å². The monoisotopic (exact) mass is 299 g/mol. The largest absolute Gasteiger partial charge is 0.476 e. The fourth-order valence-corrected chi connectivity index (χ4v) is 2.14. The van der Waals surface area contributed by atoms with Gasteiger partial charge >= 0.3 is 0 Å². The summed E-state index contributed by atoms with van der Waals surface area (Å²) in [4.78, 5) is 6.81. The first kappa shape index (κ1) is 18.0. The van der Waals surface area contributed by atoms with Crippen LogP contribution in [-0.4, -0.2) is 54.5 Å². The summed E-state index contributed by atoms with van der Waals surface area (Å²) in [7, 11) is 4.10. The highest BCUT2D eigenvalue weighted by Crippen LogP contribution is 2.25. The van der Waals surface area contributed by atoms with Crippen LogP contribution in [0.2, 0.25) is 0 Å². The molecule has 0 saturated carbocycles. The Labute approximate surface area is 138 Å². The van der Waals surface area contributed by atoms with Crippen molar-refractivity contribution in [1.82, 2.24) is 9.88 Å². The SMILES string of the molecule is CCCCc1cc2ccccc2c(OCCN(C)C)n1.[Al]. The number of aryl methyl sites for hydroxylation is 1. The summed E-state index contributed by atoms with van der Waals surface area (Å²) in [6, 6.07) is 10.5. The minimum Gasteiger partial charge on any atom is -0.476 e. The molecular formula is C17H24AlN2O. The topological polar surface area (TPSA) is 25.4 Å². The standard InChI is InChI=1S/C17H24N2O.Al/c1-4-5-9-15-13-14-8-6-7-10-16(14)17(18-15)20-12-11-19(2)3;/h6-8,10,13H,4-5,9,11-12H2,1-3H3;. The predicted octanol–water partition coefficient (Wildman–Crippen LogP) is 3.14. The lowest BCUT2D eigenvalue weighted by Crippen LogP contribution is -2.19. The maximum Gasteiger partial charge on any atom is 0.221 e. The van der Waals surface area contributed by atoms with E-state index in [9.17, 15) is 0 Å². The van der Waals surface area contributed by atoms with Gasteiger partial charge in [0.25, 0.3) is 0 Å². The number of ether oxygens (including phenoxy) is 1. The number of hydrogen-bond acceptors (Lipinski definition) is 3. The average Bonchev–Trinajstić information content (AvgIpc) is 2.44. The molecule has 0 unspecified atom stereocenters. The molecule has 2 aromatic rings. The minimum absolute atomic E-state index is 0. The summed E-state index contributed by atoms with van der Waals surface area (Å²) in [5.41, 5.74) is 1.13. The van der Waals surface area contributed by atoms with Gasteiger partial charge in [-0.2, -0.15) is 0 Å². The molecule has 1 aromatic carbocycles. The van der Waals surface area contributed by atoms with E-state index < -0.39 is 0 Å². The smallest absolute Gasteiger partial charge is 0.221 e. The van der Waals surface area contributed by atoms with E-state index in [1.807, 2.05) is 20.2 Å². The molecule has 0 fully saturated rings. The molecule has 0 spiro atoms. The van der Waals surface area contributed by atoms with Crippen molar-refractivity contribution in [2.45, 2.75) is 26.2 Å². The van der Waals surface area contributed by atoms with Crippen molar-refractivity contribution < 1.29 is 4.74 Å². The van der Waals surface area contributed by atoms with Crippen molar-refractivity contribution in [3.63, 3.8) is 0 Å². The molecular weight excluding hydrogens is 275 g/mol. The quantitative estimate of drug-likeness (QED) is 0.734. The van der Waals surface area contributed by atoms with Gasteiger partial charge in [0.15, 0.2) is 0 Å². The molecule has 1 heterocycles. The van der Waals surface area contributed by atoms with E-state index in [1.165, 1.54) is 18.2 Å². The third-order valence-corrected chi connectivity index (χ3v) is 3.32. The van der Waals surface area contributed by atoms with Crippen LogP contribution in [0.3, 0.4) is 0 Å². The molecule has 0 atom stereocenters. The number of likely N-dealkylation sites (N-methyl/N-ethyl adjacent to an activating group) is 1. The Bertz CT molecular complexity index is 557. The van der Waals surface area contributed by atoms with E-state index in [-0.39, 0.29) is 17.4 Å². The number of unbranched alkanes of at least 4 members (excludes halogenated alkanes) is 1. The Balaban J connectivity index is 0.00000220. The van der Waals surface area contributed by atoms with Gasteiger partial charge in [-0.25, -0.2) is 4.98 Å². The Morgan fingerprint density at radius 2 is 1.95 bits per heavy atom. The normalized spacial score (nSPS) is 10.7. The Morgan fingerprint density at radius 3 is 2.67 bits per heavy atom. The highest BCUT2D eigenvalue weighted by Gasteiger charge is 2.07. The molecule has 3 radical (unpaired) electrons. The van der Waals surface area contributed by atoms with Crippen molar-refractivity contribution in [2.24, 2.45) is 0 Å². The zero-order valence-corrected chi connectivity index (χ0v) is 14.5. The Kier molecular flexibility index (Phi) is 7.74. The summed E-state index contributed by atoms with van der Waals surface area (Å²) >= 11 is 0. The van der Waals surface area contributed by atoms with Crippen LogP contribution in [0.1, 0.15) is 25.5 Å². The first-order chi connectivity index (χ1) is 9.70. The highest BCUT2D eigenvalue weighted by atomic mass is 27.0. The summed E-state index contributed by atoms with van der Waals surface area (Å²) in [6.45, 7) is 3.77. The Hall–Kier alpha value is -1.08. The fraction of sp³-hybridized carbons (Fsp3) is 0.471. The van der Waals surface area contributed by atoms with Crippen LogP contribution in [0.5, 0.6) is 5.88 Å². The molecule has 111 valence electrons. The van der Waals surface area contributed by atoms with Crippen LogP contribution in [0, 0.1) is 0 Å². The molecule has 0 aliphatic heterocycles. The van der Waals surface area contributed by atoms with Crippen LogP contribution in [0.25, 0.3) is 10.8 Å². The number of nitrogens with zero attached hydrogens (tertiary/aromatic N) is 2. The summed E-state index contributed by atoms with van der Waals surface area (Å²) in [5.74, 6) is 0.774. The molecule has 0 N–H and O–H groups in total. The van der Waals surface area contributed by atoms with Crippen LogP contribution in [-0.2, 0) is 6.42 Å². The van der Waals surface area contributed by atoms with E-state index in [0.29, 0.717) is 6.61 Å². The highest BCUT2D eigenvalue weighted by molar-refractivity contribution is 5.87. The van der Waals surface area contributed by atoms with Gasteiger partial charge in [-0.3, -0.25) is 0 Å². The number of pyridine rings is 1. The molecule has 1 aromatic heterocycles. The van der Waals surface area contributed by atoms with Gasteiger partial charge in [-0.1, -0.05) is 31.5 Å². The number of fused-ring (bicyclic) bond motifs is 1. The maximum absolute atomic E-state index is 5.90. The van der Waals surface area contributed by atoms with Crippen LogP contribution < -0.4 is 4.74 Å². The fourth-order valence-electron chi connectivity index (χ4n) is 2.14. The van der Waals surface area contributed by atoms with Gasteiger partial charge < -0.3 is 9.64 Å². The molecule has 2 rings (SSSR count). The second-order valence-electron chi connectivity index (χ2n) is 5.40. The van der Waals surface area contributed by atoms with Gasteiger partial charge in [0.1, 0.15) is 6.61 Å². The zero-order valence-electron chi connectivity index (χ0n) is 13.3. The zero-order chi connectivity index (χ0) is 14.4. The lowest BCUT2D eigenvalue weighted by molar-refractivity contribution is 0.256. The second-order valence-corrected chi connectivity index (χ2v) is 5.40. The average molecular weight is 299 g/mol.